The average Bonchev–Trinajstić information content (AvgIpc) is 2.88. The molecule has 6 heteroatoms. The van der Waals surface area contributed by atoms with E-state index in [1.807, 2.05) is 36.6 Å². The molecule has 0 radical (unpaired) electrons. The summed E-state index contributed by atoms with van der Waals surface area (Å²) in [5.74, 6) is -1.01. The first-order chi connectivity index (χ1) is 10.1. The van der Waals surface area contributed by atoms with Crippen molar-refractivity contribution in [1.82, 2.24) is 10.6 Å². The van der Waals surface area contributed by atoms with Gasteiger partial charge in [-0.1, -0.05) is 31.5 Å². The van der Waals surface area contributed by atoms with Gasteiger partial charge < -0.3 is 15.7 Å². The van der Waals surface area contributed by atoms with Crippen molar-refractivity contribution >= 4 is 33.4 Å². The van der Waals surface area contributed by atoms with Crippen molar-refractivity contribution in [2.45, 2.75) is 32.4 Å². The Morgan fingerprint density at radius 3 is 2.81 bits per heavy atom. The van der Waals surface area contributed by atoms with Crippen LogP contribution < -0.4 is 10.6 Å². The van der Waals surface area contributed by atoms with Gasteiger partial charge in [-0.25, -0.2) is 9.59 Å². The van der Waals surface area contributed by atoms with Gasteiger partial charge in [0.1, 0.15) is 6.04 Å². The van der Waals surface area contributed by atoms with Gasteiger partial charge in [0.25, 0.3) is 0 Å². The Hall–Kier alpha value is -2.08. The van der Waals surface area contributed by atoms with Crippen LogP contribution in [0.5, 0.6) is 0 Å². The second-order valence-electron chi connectivity index (χ2n) is 4.76. The van der Waals surface area contributed by atoms with E-state index in [-0.39, 0.29) is 0 Å². The number of amides is 2. The van der Waals surface area contributed by atoms with Gasteiger partial charge in [0, 0.05) is 11.2 Å². The maximum atomic E-state index is 11.8. The number of carbonyl (C=O) groups is 2. The first-order valence-electron chi connectivity index (χ1n) is 6.84. The fourth-order valence-corrected chi connectivity index (χ4v) is 3.06. The van der Waals surface area contributed by atoms with Crippen LogP contribution in [0.25, 0.3) is 10.1 Å². The molecule has 0 bridgehead atoms. The molecule has 0 spiro atoms. The molecule has 0 saturated heterocycles. The van der Waals surface area contributed by atoms with Crippen molar-refractivity contribution in [3.63, 3.8) is 0 Å². The quantitative estimate of drug-likeness (QED) is 0.767. The van der Waals surface area contributed by atoms with Crippen LogP contribution >= 0.6 is 11.3 Å². The first kappa shape index (κ1) is 15.3. The van der Waals surface area contributed by atoms with Gasteiger partial charge in [-0.05, 0) is 28.8 Å². The number of thiophene rings is 1. The van der Waals surface area contributed by atoms with E-state index in [2.05, 4.69) is 10.6 Å². The maximum absolute atomic E-state index is 11.8. The Balaban J connectivity index is 1.93. The molecule has 0 aliphatic heterocycles. The van der Waals surface area contributed by atoms with Crippen LogP contribution in [-0.2, 0) is 11.3 Å². The Bertz CT molecular complexity index is 639. The number of carboxylic acid groups (broad SMARTS) is 1. The molecule has 21 heavy (non-hydrogen) atoms. The number of hydrogen-bond acceptors (Lipinski definition) is 3. The molecule has 5 nitrogen and oxygen atoms in total. The third-order valence-corrected chi connectivity index (χ3v) is 4.19. The lowest BCUT2D eigenvalue weighted by Crippen LogP contribution is -2.45. The number of hydrogen-bond donors (Lipinski definition) is 3. The van der Waals surface area contributed by atoms with Crippen LogP contribution in [0, 0.1) is 0 Å². The summed E-state index contributed by atoms with van der Waals surface area (Å²) in [6.45, 7) is 2.27. The van der Waals surface area contributed by atoms with Crippen molar-refractivity contribution < 1.29 is 14.7 Å². The summed E-state index contributed by atoms with van der Waals surface area (Å²) in [7, 11) is 0. The lowest BCUT2D eigenvalue weighted by Gasteiger charge is -2.14. The third kappa shape index (κ3) is 3.95. The minimum absolute atomic E-state index is 0.383. The summed E-state index contributed by atoms with van der Waals surface area (Å²) >= 11 is 1.63. The zero-order chi connectivity index (χ0) is 15.2. The standard InChI is InChI=1S/C15H18N2O3S/c1-2-5-12(14(18)19)17-15(20)16-8-10-9-21-13-7-4-3-6-11(10)13/h3-4,6-7,9,12H,2,5,8H2,1H3,(H,18,19)(H2,16,17,20). The van der Waals surface area contributed by atoms with Crippen LogP contribution in [0.1, 0.15) is 25.3 Å². The van der Waals surface area contributed by atoms with Crippen molar-refractivity contribution in [3.05, 3.63) is 35.2 Å². The van der Waals surface area contributed by atoms with Crippen molar-refractivity contribution in [3.8, 4) is 0 Å². The monoisotopic (exact) mass is 306 g/mol. The Kier molecular flexibility index (Phi) is 5.16. The number of aliphatic carboxylic acids is 1. The number of rotatable bonds is 6. The van der Waals surface area contributed by atoms with Crippen LogP contribution in [0.15, 0.2) is 29.6 Å². The first-order valence-corrected chi connectivity index (χ1v) is 7.72. The van der Waals surface area contributed by atoms with Crippen molar-refractivity contribution in [2.24, 2.45) is 0 Å². The Morgan fingerprint density at radius 2 is 2.10 bits per heavy atom. The van der Waals surface area contributed by atoms with E-state index in [1.54, 1.807) is 11.3 Å². The van der Waals surface area contributed by atoms with Crippen LogP contribution in [-0.4, -0.2) is 23.1 Å². The minimum Gasteiger partial charge on any atom is -0.480 e. The van der Waals surface area contributed by atoms with Gasteiger partial charge in [-0.2, -0.15) is 0 Å². The molecule has 0 saturated carbocycles. The predicted molar refractivity (Wildman–Crippen MR) is 83.5 cm³/mol. The van der Waals surface area contributed by atoms with Crippen LogP contribution in [0.2, 0.25) is 0 Å². The molecule has 1 atom stereocenters. The normalized spacial score (nSPS) is 12.0. The van der Waals surface area contributed by atoms with Gasteiger partial charge in [0.05, 0.1) is 0 Å². The van der Waals surface area contributed by atoms with Gasteiger partial charge in [0.2, 0.25) is 0 Å². The Labute approximate surface area is 127 Å². The van der Waals surface area contributed by atoms with Gasteiger partial charge >= 0.3 is 12.0 Å². The smallest absolute Gasteiger partial charge is 0.326 e. The number of carboxylic acids is 1. The van der Waals surface area contributed by atoms with E-state index in [0.29, 0.717) is 19.4 Å². The fourth-order valence-electron chi connectivity index (χ4n) is 2.10. The number of fused-ring (bicyclic) bond motifs is 1. The van der Waals surface area contributed by atoms with E-state index >= 15 is 0 Å². The summed E-state index contributed by atoms with van der Waals surface area (Å²) in [6, 6.07) is 6.69. The highest BCUT2D eigenvalue weighted by atomic mass is 32.1. The summed E-state index contributed by atoms with van der Waals surface area (Å²) in [5.41, 5.74) is 1.04. The van der Waals surface area contributed by atoms with Crippen LogP contribution in [0.4, 0.5) is 4.79 Å². The number of benzene rings is 1. The van der Waals surface area contributed by atoms with Crippen LogP contribution in [0.3, 0.4) is 0 Å². The molecular weight excluding hydrogens is 288 g/mol. The molecule has 112 valence electrons. The topological polar surface area (TPSA) is 78.4 Å². The zero-order valence-electron chi connectivity index (χ0n) is 11.8. The second-order valence-corrected chi connectivity index (χ2v) is 5.67. The summed E-state index contributed by atoms with van der Waals surface area (Å²) in [5, 5.41) is 17.3. The molecule has 0 aliphatic rings. The third-order valence-electron chi connectivity index (χ3n) is 3.18. The predicted octanol–water partition coefficient (Wildman–Crippen LogP) is 2.95. The van der Waals surface area contributed by atoms with E-state index in [4.69, 9.17) is 5.11 Å². The zero-order valence-corrected chi connectivity index (χ0v) is 12.6. The van der Waals surface area contributed by atoms with E-state index < -0.39 is 18.0 Å². The number of nitrogens with one attached hydrogen (secondary N) is 2. The van der Waals surface area contributed by atoms with Crippen molar-refractivity contribution in [1.29, 1.82) is 0 Å². The lowest BCUT2D eigenvalue weighted by atomic mass is 10.1. The highest BCUT2D eigenvalue weighted by Gasteiger charge is 2.18. The molecule has 0 fully saturated rings. The minimum atomic E-state index is -1.01. The molecule has 1 unspecified atom stereocenters. The van der Waals surface area contributed by atoms with Gasteiger partial charge in [0.15, 0.2) is 0 Å². The second kappa shape index (κ2) is 7.08. The van der Waals surface area contributed by atoms with E-state index in [9.17, 15) is 9.59 Å². The largest absolute Gasteiger partial charge is 0.480 e. The van der Waals surface area contributed by atoms with E-state index in [0.717, 1.165) is 10.9 Å². The molecule has 1 heterocycles. The molecule has 2 rings (SSSR count). The summed E-state index contributed by atoms with van der Waals surface area (Å²) < 4.78 is 1.17. The Morgan fingerprint density at radius 1 is 1.33 bits per heavy atom. The lowest BCUT2D eigenvalue weighted by molar-refractivity contribution is -0.139. The molecule has 2 aromatic rings. The molecule has 1 aromatic heterocycles. The van der Waals surface area contributed by atoms with Gasteiger partial charge in [-0.15, -0.1) is 11.3 Å². The summed E-state index contributed by atoms with van der Waals surface area (Å²) in [6.07, 6.45) is 1.12. The van der Waals surface area contributed by atoms with Crippen molar-refractivity contribution in [2.75, 3.05) is 0 Å². The van der Waals surface area contributed by atoms with Gasteiger partial charge in [-0.3, -0.25) is 0 Å². The SMILES string of the molecule is CCCC(NC(=O)NCc1csc2ccccc12)C(=O)O. The maximum Gasteiger partial charge on any atom is 0.326 e. The highest BCUT2D eigenvalue weighted by molar-refractivity contribution is 7.17. The molecule has 0 aliphatic carbocycles. The molecule has 3 N–H and O–H groups in total. The molecular formula is C15H18N2O3S. The molecule has 2 amide bonds. The van der Waals surface area contributed by atoms with E-state index in [1.165, 1.54) is 4.70 Å². The number of carbonyl (C=O) groups excluding carboxylic acids is 1. The number of urea groups is 1. The highest BCUT2D eigenvalue weighted by Crippen LogP contribution is 2.25. The molecule has 1 aromatic carbocycles. The average molecular weight is 306 g/mol. The fraction of sp³-hybridized carbons (Fsp3) is 0.333. The summed E-state index contributed by atoms with van der Waals surface area (Å²) in [4.78, 5) is 22.8.